The molecule has 18 heavy (non-hydrogen) atoms. The van der Waals surface area contributed by atoms with Crippen LogP contribution in [0, 0.1) is 12.7 Å². The molecule has 0 bridgehead atoms. The van der Waals surface area contributed by atoms with Gasteiger partial charge in [-0.25, -0.2) is 4.39 Å². The maximum atomic E-state index is 13.2. The first-order valence-electron chi connectivity index (χ1n) is 6.43. The predicted octanol–water partition coefficient (Wildman–Crippen LogP) is 2.60. The van der Waals surface area contributed by atoms with E-state index in [4.69, 9.17) is 10.6 Å². The highest BCUT2D eigenvalue weighted by molar-refractivity contribution is 5.31. The van der Waals surface area contributed by atoms with Crippen molar-refractivity contribution in [1.82, 2.24) is 5.43 Å². The van der Waals surface area contributed by atoms with Crippen LogP contribution in [-0.2, 0) is 4.74 Å². The van der Waals surface area contributed by atoms with Crippen molar-refractivity contribution in [1.29, 1.82) is 0 Å². The number of benzene rings is 1. The molecule has 1 aromatic carbocycles. The summed E-state index contributed by atoms with van der Waals surface area (Å²) in [5, 5.41) is 0. The predicted molar refractivity (Wildman–Crippen MR) is 69.4 cm³/mol. The van der Waals surface area contributed by atoms with E-state index < -0.39 is 0 Å². The molecule has 2 rings (SSSR count). The summed E-state index contributed by atoms with van der Waals surface area (Å²) in [5.74, 6) is 5.48. The normalized spacial score (nSPS) is 26.0. The lowest BCUT2D eigenvalue weighted by Crippen LogP contribution is -2.48. The van der Waals surface area contributed by atoms with E-state index in [2.05, 4.69) is 12.3 Å². The number of halogens is 1. The van der Waals surface area contributed by atoms with Gasteiger partial charge in [0.1, 0.15) is 5.82 Å². The molecule has 4 heteroatoms. The smallest absolute Gasteiger partial charge is 0.123 e. The average Bonchev–Trinajstić information content (AvgIpc) is 2.33. The lowest BCUT2D eigenvalue weighted by atomic mass is 9.83. The van der Waals surface area contributed by atoms with E-state index in [1.807, 2.05) is 6.92 Å². The van der Waals surface area contributed by atoms with Gasteiger partial charge in [-0.05, 0) is 56.4 Å². The Morgan fingerprint density at radius 1 is 1.44 bits per heavy atom. The summed E-state index contributed by atoms with van der Waals surface area (Å²) in [6, 6.07) is 4.68. The van der Waals surface area contributed by atoms with E-state index in [0.717, 1.165) is 37.0 Å². The number of hydrazine groups is 1. The molecule has 0 saturated carbocycles. The highest BCUT2D eigenvalue weighted by Crippen LogP contribution is 2.37. The summed E-state index contributed by atoms with van der Waals surface area (Å²) >= 11 is 0. The molecule has 0 aromatic heterocycles. The number of nitrogens with one attached hydrogen (secondary N) is 1. The quantitative estimate of drug-likeness (QED) is 0.642. The molecule has 2 atom stereocenters. The Balaban J connectivity index is 2.32. The van der Waals surface area contributed by atoms with Gasteiger partial charge in [0.2, 0.25) is 0 Å². The van der Waals surface area contributed by atoms with Crippen LogP contribution in [0.3, 0.4) is 0 Å². The minimum atomic E-state index is -0.324. The van der Waals surface area contributed by atoms with Crippen molar-refractivity contribution in [2.24, 2.45) is 5.84 Å². The van der Waals surface area contributed by atoms with Crippen LogP contribution in [-0.4, -0.2) is 12.2 Å². The van der Waals surface area contributed by atoms with Crippen LogP contribution < -0.4 is 11.3 Å². The second-order valence-corrected chi connectivity index (χ2v) is 5.22. The van der Waals surface area contributed by atoms with Crippen LogP contribution in [0.25, 0.3) is 0 Å². The Kier molecular flexibility index (Phi) is 4.00. The minimum Gasteiger partial charge on any atom is -0.373 e. The van der Waals surface area contributed by atoms with Crippen molar-refractivity contribution >= 4 is 0 Å². The van der Waals surface area contributed by atoms with Crippen LogP contribution >= 0.6 is 0 Å². The van der Waals surface area contributed by atoms with Gasteiger partial charge in [-0.2, -0.15) is 0 Å². The fourth-order valence-electron chi connectivity index (χ4n) is 2.74. The second kappa shape index (κ2) is 5.34. The third-order valence-electron chi connectivity index (χ3n) is 3.82. The number of ether oxygens (including phenoxy) is 1. The minimum absolute atomic E-state index is 0.113. The maximum absolute atomic E-state index is 13.2. The zero-order valence-corrected chi connectivity index (χ0v) is 11.0. The van der Waals surface area contributed by atoms with E-state index in [9.17, 15) is 4.39 Å². The van der Waals surface area contributed by atoms with E-state index in [-0.39, 0.29) is 17.5 Å². The molecule has 100 valence electrons. The lowest BCUT2D eigenvalue weighted by molar-refractivity contribution is -0.0900. The van der Waals surface area contributed by atoms with Crippen LogP contribution in [0.2, 0.25) is 0 Å². The van der Waals surface area contributed by atoms with Gasteiger partial charge in [0.05, 0.1) is 11.6 Å². The van der Waals surface area contributed by atoms with Gasteiger partial charge < -0.3 is 4.74 Å². The third-order valence-corrected chi connectivity index (χ3v) is 3.82. The van der Waals surface area contributed by atoms with Crippen LogP contribution in [0.15, 0.2) is 18.2 Å². The monoisotopic (exact) mass is 252 g/mol. The van der Waals surface area contributed by atoms with E-state index in [1.165, 1.54) is 12.1 Å². The topological polar surface area (TPSA) is 47.3 Å². The van der Waals surface area contributed by atoms with Gasteiger partial charge in [0.15, 0.2) is 0 Å². The molecule has 0 amide bonds. The first kappa shape index (κ1) is 13.5. The van der Waals surface area contributed by atoms with E-state index in [0.29, 0.717) is 0 Å². The molecule has 2 unspecified atom stereocenters. The van der Waals surface area contributed by atoms with Gasteiger partial charge in [0.25, 0.3) is 0 Å². The molecule has 1 aliphatic heterocycles. The molecule has 1 saturated heterocycles. The molecule has 3 nitrogen and oxygen atoms in total. The Labute approximate surface area is 107 Å². The molecular formula is C14H21FN2O. The highest BCUT2D eigenvalue weighted by Gasteiger charge is 2.37. The van der Waals surface area contributed by atoms with Crippen molar-refractivity contribution < 1.29 is 9.13 Å². The van der Waals surface area contributed by atoms with E-state index >= 15 is 0 Å². The SMILES string of the molecule is Cc1cc(F)ccc1C(NN)C1(C)CCCCO1. The second-order valence-electron chi connectivity index (χ2n) is 5.22. The van der Waals surface area contributed by atoms with Crippen LogP contribution in [0.1, 0.15) is 43.4 Å². The molecule has 1 aliphatic rings. The lowest BCUT2D eigenvalue weighted by Gasteiger charge is -2.41. The summed E-state index contributed by atoms with van der Waals surface area (Å²) in [4.78, 5) is 0. The Morgan fingerprint density at radius 2 is 2.22 bits per heavy atom. The van der Waals surface area contributed by atoms with Crippen molar-refractivity contribution in [3.63, 3.8) is 0 Å². The number of hydrogen-bond donors (Lipinski definition) is 2. The fourth-order valence-corrected chi connectivity index (χ4v) is 2.74. The molecule has 1 heterocycles. The van der Waals surface area contributed by atoms with Gasteiger partial charge in [-0.1, -0.05) is 6.07 Å². The van der Waals surface area contributed by atoms with Crippen LogP contribution in [0.4, 0.5) is 4.39 Å². The fraction of sp³-hybridized carbons (Fsp3) is 0.571. The first-order valence-corrected chi connectivity index (χ1v) is 6.43. The number of hydrogen-bond acceptors (Lipinski definition) is 3. The third kappa shape index (κ3) is 2.55. The summed E-state index contributed by atoms with van der Waals surface area (Å²) in [7, 11) is 0. The molecule has 0 radical (unpaired) electrons. The van der Waals surface area contributed by atoms with Crippen molar-refractivity contribution in [2.45, 2.75) is 44.8 Å². The van der Waals surface area contributed by atoms with Gasteiger partial charge in [0, 0.05) is 6.61 Å². The largest absolute Gasteiger partial charge is 0.373 e. The zero-order valence-electron chi connectivity index (χ0n) is 11.0. The molecule has 1 aromatic rings. The van der Waals surface area contributed by atoms with Gasteiger partial charge >= 0.3 is 0 Å². The molecule has 0 aliphatic carbocycles. The first-order chi connectivity index (χ1) is 8.57. The molecule has 1 fully saturated rings. The Morgan fingerprint density at radius 3 is 2.78 bits per heavy atom. The van der Waals surface area contributed by atoms with Crippen molar-refractivity contribution in [3.05, 3.63) is 35.1 Å². The van der Waals surface area contributed by atoms with Gasteiger partial charge in [-0.15, -0.1) is 0 Å². The average molecular weight is 252 g/mol. The maximum Gasteiger partial charge on any atom is 0.123 e. The summed E-state index contributed by atoms with van der Waals surface area (Å²) in [5.41, 5.74) is 4.42. The van der Waals surface area contributed by atoms with Crippen molar-refractivity contribution in [2.75, 3.05) is 6.61 Å². The van der Waals surface area contributed by atoms with Gasteiger partial charge in [-0.3, -0.25) is 11.3 Å². The van der Waals surface area contributed by atoms with Crippen molar-refractivity contribution in [3.8, 4) is 0 Å². The summed E-state index contributed by atoms with van der Waals surface area (Å²) < 4.78 is 19.1. The molecular weight excluding hydrogens is 231 g/mol. The Bertz CT molecular complexity index is 416. The standard InChI is InChI=1S/C14H21FN2O/c1-10-9-11(15)5-6-12(10)13(17-16)14(2)7-3-4-8-18-14/h5-6,9,13,17H,3-4,7-8,16H2,1-2H3. The zero-order chi connectivity index (χ0) is 13.2. The Hall–Kier alpha value is -0.970. The summed E-state index contributed by atoms with van der Waals surface area (Å²) in [6.45, 7) is 4.73. The number of aryl methyl sites for hydroxylation is 1. The van der Waals surface area contributed by atoms with Crippen LogP contribution in [0.5, 0.6) is 0 Å². The molecule has 3 N–H and O–H groups in total. The number of nitrogens with two attached hydrogens (primary N) is 1. The highest BCUT2D eigenvalue weighted by atomic mass is 19.1. The number of rotatable bonds is 3. The summed E-state index contributed by atoms with van der Waals surface area (Å²) in [6.07, 6.45) is 3.18. The molecule has 0 spiro atoms. The van der Waals surface area contributed by atoms with E-state index in [1.54, 1.807) is 6.07 Å².